The number of alkyl halides is 3. The van der Waals surface area contributed by atoms with Crippen molar-refractivity contribution in [2.45, 2.75) is 19.6 Å². The summed E-state index contributed by atoms with van der Waals surface area (Å²) in [6.07, 6.45) is -3.12. The second kappa shape index (κ2) is 13.5. The minimum Gasteiger partial charge on any atom is -0.438 e. The fourth-order valence-electron chi connectivity index (χ4n) is 5.08. The van der Waals surface area contributed by atoms with E-state index in [1.54, 1.807) is 50.4 Å². The maximum Gasteiger partial charge on any atom is 0.416 e. The quantitative estimate of drug-likeness (QED) is 0.172. The zero-order valence-corrected chi connectivity index (χ0v) is 25.7. The summed E-state index contributed by atoms with van der Waals surface area (Å²) >= 11 is 0. The molecule has 1 aromatic heterocycles. The summed E-state index contributed by atoms with van der Waals surface area (Å²) in [7, 11) is 3.55. The average molecular weight is 633 g/mol. The third-order valence-electron chi connectivity index (χ3n) is 7.70. The number of nitrogens with one attached hydrogen (secondary N) is 1. The molecule has 240 valence electrons. The Balaban J connectivity index is 1.40. The number of hydrogen-bond donors (Lipinski definition) is 3. The van der Waals surface area contributed by atoms with Gasteiger partial charge < -0.3 is 26.4 Å². The Kier molecular flexibility index (Phi) is 9.54. The Bertz CT molecular complexity index is 1750. The van der Waals surface area contributed by atoms with Gasteiger partial charge in [0.05, 0.1) is 11.1 Å². The van der Waals surface area contributed by atoms with Crippen molar-refractivity contribution in [3.8, 4) is 23.0 Å². The van der Waals surface area contributed by atoms with Gasteiger partial charge in [-0.3, -0.25) is 14.7 Å². The molecule has 46 heavy (non-hydrogen) atoms. The van der Waals surface area contributed by atoms with Crippen LogP contribution in [0.25, 0.3) is 11.4 Å². The molecule has 1 aliphatic heterocycles. The molecule has 1 fully saturated rings. The summed E-state index contributed by atoms with van der Waals surface area (Å²) in [5.74, 6) is 0.182. The smallest absolute Gasteiger partial charge is 0.416 e. The van der Waals surface area contributed by atoms with Crippen LogP contribution in [-0.2, 0) is 12.7 Å². The first-order valence-corrected chi connectivity index (χ1v) is 14.6. The molecule has 3 aromatic carbocycles. The summed E-state index contributed by atoms with van der Waals surface area (Å²) in [4.78, 5) is 30.5. The van der Waals surface area contributed by atoms with Crippen LogP contribution in [0.5, 0.6) is 11.6 Å². The number of nitrogens with two attached hydrogens (primary N) is 2. The molecule has 5 N–H and O–H groups in total. The number of carbonyl (C=O) groups is 1. The molecule has 0 bridgehead atoms. The molecular weight excluding hydrogens is 597 g/mol. The molecular formula is C33H35F3N8O2. The molecule has 0 spiro atoms. The number of aliphatic imine (C=N–C) groups is 1. The number of anilines is 3. The molecule has 10 nitrogen and oxygen atoms in total. The van der Waals surface area contributed by atoms with Gasteiger partial charge in [0.1, 0.15) is 11.6 Å². The predicted octanol–water partition coefficient (Wildman–Crippen LogP) is 5.48. The third-order valence-corrected chi connectivity index (χ3v) is 7.70. The van der Waals surface area contributed by atoms with E-state index in [2.05, 4.69) is 25.2 Å². The number of piperazine rings is 1. The van der Waals surface area contributed by atoms with E-state index in [0.29, 0.717) is 41.3 Å². The van der Waals surface area contributed by atoms with Crippen molar-refractivity contribution in [3.05, 3.63) is 88.5 Å². The number of amides is 1. The Morgan fingerprint density at radius 3 is 2.41 bits per heavy atom. The Hall–Kier alpha value is -5.01. The van der Waals surface area contributed by atoms with Crippen LogP contribution in [0, 0.1) is 6.92 Å². The predicted molar refractivity (Wildman–Crippen MR) is 173 cm³/mol. The van der Waals surface area contributed by atoms with Gasteiger partial charge in [-0.1, -0.05) is 12.1 Å². The second-order valence-corrected chi connectivity index (χ2v) is 11.1. The number of likely N-dealkylation sites (N-methyl/N-ethyl adjacent to an activating group) is 1. The first-order chi connectivity index (χ1) is 21.9. The van der Waals surface area contributed by atoms with Gasteiger partial charge in [0.2, 0.25) is 5.88 Å². The number of nitrogen functional groups attached to an aromatic ring is 2. The first kappa shape index (κ1) is 32.4. The molecule has 13 heteroatoms. The third kappa shape index (κ3) is 7.61. The number of halogens is 3. The molecule has 4 aromatic rings. The van der Waals surface area contributed by atoms with Gasteiger partial charge in [0, 0.05) is 68.5 Å². The number of aryl methyl sites for hydroxylation is 1. The fraction of sp³-hybridized carbons (Fsp3) is 0.273. The lowest BCUT2D eigenvalue weighted by Gasteiger charge is -2.33. The number of aromatic nitrogens is 2. The van der Waals surface area contributed by atoms with Crippen LogP contribution in [0.15, 0.2) is 65.7 Å². The molecule has 1 saturated heterocycles. The van der Waals surface area contributed by atoms with E-state index in [-0.39, 0.29) is 40.8 Å². The highest BCUT2D eigenvalue weighted by atomic mass is 19.4. The monoisotopic (exact) mass is 632 g/mol. The molecule has 0 atom stereocenters. The van der Waals surface area contributed by atoms with Crippen molar-refractivity contribution in [1.82, 2.24) is 19.8 Å². The number of carbonyl (C=O) groups excluding carboxylic acids is 1. The standard InChI is InChI=1S/C33H35F3N8O2/c1-20-4-11-25(46-32-27(18-39-2)29(38)41-30(42-32)21-5-8-23(37)9-6-21)17-26(20)31(45)40-24-10-7-22(28(16-24)33(34,35)36)19-44-14-12-43(3)13-15-44/h4-11,16-18H,12-15,19,37H2,1-3H3,(H,40,45)(H2,38,41,42). The molecule has 0 radical (unpaired) electrons. The summed E-state index contributed by atoms with van der Waals surface area (Å²) in [5, 5.41) is 2.62. The van der Waals surface area contributed by atoms with Crippen LogP contribution in [0.1, 0.15) is 32.6 Å². The van der Waals surface area contributed by atoms with Crippen LogP contribution in [0.3, 0.4) is 0 Å². The highest BCUT2D eigenvalue weighted by molar-refractivity contribution is 6.05. The van der Waals surface area contributed by atoms with E-state index < -0.39 is 17.6 Å². The highest BCUT2D eigenvalue weighted by Gasteiger charge is 2.34. The average Bonchev–Trinajstić information content (AvgIpc) is 3.01. The molecule has 0 unspecified atom stereocenters. The minimum absolute atomic E-state index is 0.0309. The number of hydrogen-bond acceptors (Lipinski definition) is 9. The Labute approximate surface area is 264 Å². The van der Waals surface area contributed by atoms with Gasteiger partial charge in [-0.05, 0) is 73.6 Å². The van der Waals surface area contributed by atoms with Gasteiger partial charge in [0.25, 0.3) is 5.91 Å². The number of ether oxygens (including phenoxy) is 1. The molecule has 5 rings (SSSR count). The lowest BCUT2D eigenvalue weighted by Crippen LogP contribution is -2.44. The van der Waals surface area contributed by atoms with Crippen molar-refractivity contribution >= 4 is 29.3 Å². The van der Waals surface area contributed by atoms with Crippen LogP contribution < -0.4 is 21.5 Å². The molecule has 1 amide bonds. The lowest BCUT2D eigenvalue weighted by atomic mass is 10.0. The lowest BCUT2D eigenvalue weighted by molar-refractivity contribution is -0.138. The molecule has 1 aliphatic rings. The van der Waals surface area contributed by atoms with Gasteiger partial charge >= 0.3 is 6.18 Å². The number of nitrogens with zero attached hydrogens (tertiary/aromatic N) is 5. The Morgan fingerprint density at radius 1 is 1.02 bits per heavy atom. The SMILES string of the molecule is CN=Cc1c(N)nc(-c2ccc(N)cc2)nc1Oc1ccc(C)c(C(=O)Nc2ccc(CN3CCN(C)CC3)c(C(F)(F)F)c2)c1. The minimum atomic E-state index is -4.59. The van der Waals surface area contributed by atoms with E-state index in [0.717, 1.165) is 19.2 Å². The number of benzene rings is 3. The van der Waals surface area contributed by atoms with Gasteiger partial charge in [-0.15, -0.1) is 0 Å². The number of rotatable bonds is 8. The van der Waals surface area contributed by atoms with Crippen molar-refractivity contribution < 1.29 is 22.7 Å². The summed E-state index contributed by atoms with van der Waals surface area (Å²) in [6.45, 7) is 4.84. The van der Waals surface area contributed by atoms with Crippen LogP contribution in [0.4, 0.5) is 30.4 Å². The summed E-state index contributed by atoms with van der Waals surface area (Å²) in [5.41, 5.74) is 13.8. The van der Waals surface area contributed by atoms with Crippen molar-refractivity contribution in [2.24, 2.45) is 4.99 Å². The van der Waals surface area contributed by atoms with Gasteiger partial charge in [-0.25, -0.2) is 4.98 Å². The van der Waals surface area contributed by atoms with Crippen LogP contribution >= 0.6 is 0 Å². The second-order valence-electron chi connectivity index (χ2n) is 11.1. The van der Waals surface area contributed by atoms with E-state index >= 15 is 0 Å². The molecule has 0 aliphatic carbocycles. The van der Waals surface area contributed by atoms with Crippen molar-refractivity contribution in [2.75, 3.05) is 57.1 Å². The van der Waals surface area contributed by atoms with Crippen LogP contribution in [-0.4, -0.2) is 72.2 Å². The topological polar surface area (TPSA) is 135 Å². The molecule has 0 saturated carbocycles. The highest BCUT2D eigenvalue weighted by Crippen LogP contribution is 2.35. The fourth-order valence-corrected chi connectivity index (χ4v) is 5.08. The summed E-state index contributed by atoms with van der Waals surface area (Å²) < 4.78 is 48.4. The Morgan fingerprint density at radius 2 is 1.74 bits per heavy atom. The van der Waals surface area contributed by atoms with Gasteiger partial charge in [0.15, 0.2) is 5.82 Å². The zero-order chi connectivity index (χ0) is 33.0. The van der Waals surface area contributed by atoms with Gasteiger partial charge in [-0.2, -0.15) is 18.2 Å². The van der Waals surface area contributed by atoms with E-state index in [1.165, 1.54) is 24.4 Å². The maximum atomic E-state index is 14.1. The maximum absolute atomic E-state index is 14.1. The van der Waals surface area contributed by atoms with Crippen molar-refractivity contribution in [1.29, 1.82) is 0 Å². The molecule has 2 heterocycles. The largest absolute Gasteiger partial charge is 0.438 e. The normalized spacial score (nSPS) is 14.5. The summed E-state index contributed by atoms with van der Waals surface area (Å²) in [6, 6.07) is 15.6. The van der Waals surface area contributed by atoms with E-state index in [9.17, 15) is 18.0 Å². The van der Waals surface area contributed by atoms with E-state index in [1.807, 2.05) is 11.9 Å². The zero-order valence-electron chi connectivity index (χ0n) is 25.7. The van der Waals surface area contributed by atoms with Crippen molar-refractivity contribution in [3.63, 3.8) is 0 Å². The van der Waals surface area contributed by atoms with Crippen LogP contribution in [0.2, 0.25) is 0 Å². The first-order valence-electron chi connectivity index (χ1n) is 14.6. The van der Waals surface area contributed by atoms with E-state index in [4.69, 9.17) is 16.2 Å².